The summed E-state index contributed by atoms with van der Waals surface area (Å²) in [6.45, 7) is 2.82. The van der Waals surface area contributed by atoms with Gasteiger partial charge in [0.25, 0.3) is 0 Å². The van der Waals surface area contributed by atoms with Gasteiger partial charge in [0.15, 0.2) is 0 Å². The van der Waals surface area contributed by atoms with E-state index in [-0.39, 0.29) is 42.1 Å². The minimum absolute atomic E-state index is 0.107. The molecule has 0 saturated carbocycles. The van der Waals surface area contributed by atoms with Crippen LogP contribution in [-0.2, 0) is 26.0 Å². The summed E-state index contributed by atoms with van der Waals surface area (Å²) in [7, 11) is -3.64. The largest absolute Gasteiger partial charge is 0.494 e. The zero-order valence-electron chi connectivity index (χ0n) is 17.7. The van der Waals surface area contributed by atoms with Crippen LogP contribution in [0.4, 0.5) is 0 Å². The molecule has 2 aromatic rings. The molecule has 3 rings (SSSR count). The predicted molar refractivity (Wildman–Crippen MR) is 121 cm³/mol. The number of nitrogens with zero attached hydrogens (tertiary/aromatic N) is 1. The van der Waals surface area contributed by atoms with Crippen LogP contribution >= 0.6 is 11.6 Å². The number of hydrogen-bond acceptors (Lipinski definition) is 5. The minimum atomic E-state index is -3.64. The van der Waals surface area contributed by atoms with Gasteiger partial charge in [0.2, 0.25) is 21.8 Å². The van der Waals surface area contributed by atoms with Gasteiger partial charge in [-0.15, -0.1) is 0 Å². The molecular weight excluding hydrogens is 454 g/mol. The fraction of sp³-hybridized carbons (Fsp3) is 0.364. The molecule has 0 unspecified atom stereocenters. The maximum absolute atomic E-state index is 12.9. The maximum Gasteiger partial charge on any atom is 0.243 e. The molecule has 0 aromatic heterocycles. The van der Waals surface area contributed by atoms with Crippen LogP contribution in [0, 0.1) is 5.92 Å². The molecule has 0 spiro atoms. The van der Waals surface area contributed by atoms with Gasteiger partial charge in [0, 0.05) is 24.0 Å². The molecule has 0 bridgehead atoms. The molecule has 1 heterocycles. The Labute approximate surface area is 192 Å². The van der Waals surface area contributed by atoms with Crippen molar-refractivity contribution in [3.8, 4) is 5.75 Å². The van der Waals surface area contributed by atoms with Crippen LogP contribution in [0.2, 0.25) is 5.02 Å². The van der Waals surface area contributed by atoms with Crippen molar-refractivity contribution in [2.45, 2.75) is 31.1 Å². The zero-order valence-corrected chi connectivity index (χ0v) is 19.3. The molecule has 172 valence electrons. The van der Waals surface area contributed by atoms with Crippen molar-refractivity contribution >= 4 is 33.4 Å². The smallest absolute Gasteiger partial charge is 0.243 e. The Kier molecular flexibility index (Phi) is 8.11. The third-order valence-corrected chi connectivity index (χ3v) is 7.37. The number of rotatable bonds is 7. The van der Waals surface area contributed by atoms with Gasteiger partial charge in [-0.2, -0.15) is 4.31 Å². The molecule has 1 aliphatic rings. The second-order valence-corrected chi connectivity index (χ2v) is 9.80. The molecule has 1 aliphatic heterocycles. The first-order chi connectivity index (χ1) is 15.3. The predicted octanol–water partition coefficient (Wildman–Crippen LogP) is 2.53. The van der Waals surface area contributed by atoms with E-state index in [4.69, 9.17) is 16.3 Å². The molecule has 0 radical (unpaired) electrons. The zero-order chi connectivity index (χ0) is 23.1. The molecule has 2 N–H and O–H groups in total. The SMILES string of the molecule is CCOc1ccc(S(=O)(=O)N2CCC(C(=O)NNC(=O)Cc3ccc(Cl)cc3)CC2)cc1. The first kappa shape index (κ1) is 24.0. The highest BCUT2D eigenvalue weighted by Gasteiger charge is 2.32. The summed E-state index contributed by atoms with van der Waals surface area (Å²) < 4.78 is 32.5. The summed E-state index contributed by atoms with van der Waals surface area (Å²) in [6.07, 6.45) is 0.848. The van der Waals surface area contributed by atoms with Crippen LogP contribution < -0.4 is 15.6 Å². The highest BCUT2D eigenvalue weighted by atomic mass is 35.5. The second-order valence-electron chi connectivity index (χ2n) is 7.42. The number of carbonyl (C=O) groups is 2. The Morgan fingerprint density at radius 3 is 2.25 bits per heavy atom. The maximum atomic E-state index is 12.9. The number of amides is 2. The van der Waals surface area contributed by atoms with E-state index < -0.39 is 10.0 Å². The van der Waals surface area contributed by atoms with Gasteiger partial charge in [-0.3, -0.25) is 20.4 Å². The molecule has 1 fully saturated rings. The van der Waals surface area contributed by atoms with E-state index in [1.807, 2.05) is 6.92 Å². The Balaban J connectivity index is 1.47. The standard InChI is InChI=1S/C22H26ClN3O5S/c1-2-31-19-7-9-20(10-8-19)32(29,30)26-13-11-17(12-14-26)22(28)25-24-21(27)15-16-3-5-18(23)6-4-16/h3-10,17H,2,11-15H2,1H3,(H,24,27)(H,25,28). The lowest BCUT2D eigenvalue weighted by Crippen LogP contribution is -2.48. The van der Waals surface area contributed by atoms with E-state index in [2.05, 4.69) is 10.9 Å². The van der Waals surface area contributed by atoms with Crippen molar-refractivity contribution in [2.24, 2.45) is 5.92 Å². The van der Waals surface area contributed by atoms with Gasteiger partial charge in [-0.25, -0.2) is 8.42 Å². The van der Waals surface area contributed by atoms with Crippen molar-refractivity contribution in [1.29, 1.82) is 0 Å². The van der Waals surface area contributed by atoms with E-state index in [9.17, 15) is 18.0 Å². The number of sulfonamides is 1. The first-order valence-corrected chi connectivity index (χ1v) is 12.2. The second kappa shape index (κ2) is 10.8. The number of benzene rings is 2. The third kappa shape index (κ3) is 6.21. The summed E-state index contributed by atoms with van der Waals surface area (Å²) in [5.74, 6) is -0.443. The Morgan fingerprint density at radius 2 is 1.66 bits per heavy atom. The third-order valence-electron chi connectivity index (χ3n) is 5.20. The average molecular weight is 480 g/mol. The van der Waals surface area contributed by atoms with E-state index in [0.717, 1.165) is 5.56 Å². The summed E-state index contributed by atoms with van der Waals surface area (Å²) in [5.41, 5.74) is 5.62. The van der Waals surface area contributed by atoms with Crippen LogP contribution in [0.15, 0.2) is 53.4 Å². The molecule has 0 atom stereocenters. The quantitative estimate of drug-likeness (QED) is 0.594. The van der Waals surface area contributed by atoms with E-state index in [0.29, 0.717) is 30.2 Å². The van der Waals surface area contributed by atoms with Gasteiger partial charge in [-0.1, -0.05) is 23.7 Å². The van der Waals surface area contributed by atoms with Crippen molar-refractivity contribution in [1.82, 2.24) is 15.2 Å². The molecule has 10 heteroatoms. The molecule has 2 aromatic carbocycles. The van der Waals surface area contributed by atoms with Gasteiger partial charge >= 0.3 is 0 Å². The number of hydrazine groups is 1. The van der Waals surface area contributed by atoms with Gasteiger partial charge in [0.05, 0.1) is 17.9 Å². The molecule has 32 heavy (non-hydrogen) atoms. The fourth-order valence-electron chi connectivity index (χ4n) is 3.45. The van der Waals surface area contributed by atoms with Crippen LogP contribution in [0.3, 0.4) is 0 Å². The fourth-order valence-corrected chi connectivity index (χ4v) is 5.04. The topological polar surface area (TPSA) is 105 Å². The number of hydrogen-bond donors (Lipinski definition) is 2. The highest BCUT2D eigenvalue weighted by Crippen LogP contribution is 2.25. The summed E-state index contributed by atoms with van der Waals surface area (Å²) in [4.78, 5) is 24.6. The summed E-state index contributed by atoms with van der Waals surface area (Å²) >= 11 is 5.82. The summed E-state index contributed by atoms with van der Waals surface area (Å²) in [6, 6.07) is 13.2. The number of halogens is 1. The Hall–Kier alpha value is -2.62. The molecule has 0 aliphatic carbocycles. The van der Waals surface area contributed by atoms with E-state index >= 15 is 0 Å². The first-order valence-electron chi connectivity index (χ1n) is 10.4. The van der Waals surface area contributed by atoms with Crippen molar-refractivity contribution < 1.29 is 22.7 Å². The van der Waals surface area contributed by atoms with E-state index in [1.165, 1.54) is 16.4 Å². The monoisotopic (exact) mass is 479 g/mol. The molecule has 8 nitrogen and oxygen atoms in total. The molecule has 2 amide bonds. The lowest BCUT2D eigenvalue weighted by Gasteiger charge is -2.30. The van der Waals surface area contributed by atoms with Gasteiger partial charge < -0.3 is 4.74 Å². The normalized spacial score (nSPS) is 15.2. The van der Waals surface area contributed by atoms with Gasteiger partial charge in [-0.05, 0) is 61.7 Å². The number of nitrogens with one attached hydrogen (secondary N) is 2. The highest BCUT2D eigenvalue weighted by molar-refractivity contribution is 7.89. The summed E-state index contributed by atoms with van der Waals surface area (Å²) in [5, 5.41) is 0.582. The van der Waals surface area contributed by atoms with Gasteiger partial charge in [0.1, 0.15) is 5.75 Å². The Bertz CT molecular complexity index is 1030. The lowest BCUT2D eigenvalue weighted by molar-refractivity contribution is -0.131. The van der Waals surface area contributed by atoms with Crippen LogP contribution in [0.1, 0.15) is 25.3 Å². The number of carbonyl (C=O) groups excluding carboxylic acids is 2. The number of ether oxygens (including phenoxy) is 1. The van der Waals surface area contributed by atoms with Crippen LogP contribution in [0.25, 0.3) is 0 Å². The molecule has 1 saturated heterocycles. The van der Waals surface area contributed by atoms with Crippen LogP contribution in [0.5, 0.6) is 5.75 Å². The lowest BCUT2D eigenvalue weighted by atomic mass is 9.98. The Morgan fingerprint density at radius 1 is 1.03 bits per heavy atom. The number of piperidine rings is 1. The van der Waals surface area contributed by atoms with Crippen LogP contribution in [-0.4, -0.2) is 44.2 Å². The van der Waals surface area contributed by atoms with Crippen molar-refractivity contribution in [3.05, 3.63) is 59.1 Å². The average Bonchev–Trinajstić information content (AvgIpc) is 2.80. The van der Waals surface area contributed by atoms with Crippen molar-refractivity contribution in [3.63, 3.8) is 0 Å². The minimum Gasteiger partial charge on any atom is -0.494 e. The molecular formula is C22H26ClN3O5S. The van der Waals surface area contributed by atoms with Crippen molar-refractivity contribution in [2.75, 3.05) is 19.7 Å². The van der Waals surface area contributed by atoms with E-state index in [1.54, 1.807) is 36.4 Å².